The summed E-state index contributed by atoms with van der Waals surface area (Å²) in [5.74, 6) is 1.04. The number of nitrogens with one attached hydrogen (secondary N) is 1. The number of anilines is 2. The van der Waals surface area contributed by atoms with Crippen LogP contribution in [0.1, 0.15) is 38.2 Å². The van der Waals surface area contributed by atoms with Crippen molar-refractivity contribution in [1.29, 1.82) is 0 Å². The fraction of sp³-hybridized carbons (Fsp3) is 0.444. The minimum Gasteiger partial charge on any atom is -0.424 e. The first-order chi connectivity index (χ1) is 18.7. The molecule has 208 valence electrons. The number of carbonyl (C=O) groups is 1. The molecule has 2 aliphatic heterocycles. The second-order valence-corrected chi connectivity index (χ2v) is 11.7. The highest BCUT2D eigenvalue weighted by Crippen LogP contribution is 2.31. The molecule has 3 aromatic rings. The average Bonchev–Trinajstić information content (AvgIpc) is 3.52. The lowest BCUT2D eigenvalue weighted by Crippen LogP contribution is -2.44. The number of carbonyl (C=O) groups excluding carboxylic acids is 1. The normalized spacial score (nSPS) is 16.8. The topological polar surface area (TPSA) is 113 Å². The van der Waals surface area contributed by atoms with Gasteiger partial charge in [0.25, 0.3) is 0 Å². The molecule has 2 aromatic carbocycles. The van der Waals surface area contributed by atoms with E-state index in [0.29, 0.717) is 37.1 Å². The molecule has 12 heteroatoms. The summed E-state index contributed by atoms with van der Waals surface area (Å²) in [7, 11) is -1.72. The molecule has 0 spiro atoms. The Labute approximate surface area is 229 Å². The highest BCUT2D eigenvalue weighted by molar-refractivity contribution is 7.89. The Bertz CT molecular complexity index is 1460. The monoisotopic (exact) mass is 553 g/mol. The van der Waals surface area contributed by atoms with Crippen LogP contribution in [0.5, 0.6) is 11.8 Å². The molecule has 0 radical (unpaired) electrons. The standard InChI is InChI=1S/C27H35N7O4S/c1-5-33-26(19(2)30-39(36,37)24-9-10-25-21(17-24)11-12-34(25)20(3)35)28-29-27(33)38-23-8-6-7-22(18-23)32-15-13-31(4)14-16-32/h6-10,17-19,30H,5,11-16H2,1-4H3/t19-/m1/s1. The van der Waals surface area contributed by atoms with E-state index >= 15 is 0 Å². The molecule has 1 fully saturated rings. The largest absolute Gasteiger partial charge is 0.424 e. The van der Waals surface area contributed by atoms with Gasteiger partial charge in [-0.1, -0.05) is 11.2 Å². The summed E-state index contributed by atoms with van der Waals surface area (Å²) in [6.07, 6.45) is 0.620. The van der Waals surface area contributed by atoms with Crippen LogP contribution >= 0.6 is 0 Å². The maximum absolute atomic E-state index is 13.2. The number of likely N-dealkylation sites (N-methyl/N-ethyl adjacent to an activating group) is 1. The zero-order valence-electron chi connectivity index (χ0n) is 22.8. The number of rotatable bonds is 8. The summed E-state index contributed by atoms with van der Waals surface area (Å²) in [5.41, 5.74) is 2.69. The van der Waals surface area contributed by atoms with E-state index in [1.807, 2.05) is 25.1 Å². The number of fused-ring (bicyclic) bond motifs is 1. The molecule has 1 atom stereocenters. The van der Waals surface area contributed by atoms with E-state index in [9.17, 15) is 13.2 Å². The molecule has 39 heavy (non-hydrogen) atoms. The molecule has 0 unspecified atom stereocenters. The summed E-state index contributed by atoms with van der Waals surface area (Å²) in [6.45, 7) is 10.1. The molecule has 1 N–H and O–H groups in total. The first-order valence-electron chi connectivity index (χ1n) is 13.2. The van der Waals surface area contributed by atoms with Crippen molar-refractivity contribution in [1.82, 2.24) is 24.4 Å². The van der Waals surface area contributed by atoms with Crippen LogP contribution in [-0.4, -0.2) is 73.8 Å². The number of nitrogens with zero attached hydrogens (tertiary/aromatic N) is 6. The van der Waals surface area contributed by atoms with E-state index in [1.54, 1.807) is 28.5 Å². The Morgan fingerprint density at radius 1 is 1.08 bits per heavy atom. The molecule has 1 aromatic heterocycles. The van der Waals surface area contributed by atoms with Crippen molar-refractivity contribution in [2.45, 2.75) is 44.7 Å². The molecule has 11 nitrogen and oxygen atoms in total. The van der Waals surface area contributed by atoms with E-state index < -0.39 is 16.1 Å². The van der Waals surface area contributed by atoms with Crippen LogP contribution in [0.25, 0.3) is 0 Å². The first kappa shape index (κ1) is 27.1. The third-order valence-electron chi connectivity index (χ3n) is 7.31. The van der Waals surface area contributed by atoms with Gasteiger partial charge >= 0.3 is 6.01 Å². The van der Waals surface area contributed by atoms with Crippen LogP contribution < -0.4 is 19.3 Å². The van der Waals surface area contributed by atoms with Crippen LogP contribution in [0, 0.1) is 0 Å². The van der Waals surface area contributed by atoms with Crippen molar-refractivity contribution in [3.63, 3.8) is 0 Å². The summed E-state index contributed by atoms with van der Waals surface area (Å²) in [6, 6.07) is 12.4. The maximum atomic E-state index is 13.2. The van der Waals surface area contributed by atoms with E-state index in [0.717, 1.165) is 43.1 Å². The lowest BCUT2D eigenvalue weighted by atomic mass is 10.2. The zero-order chi connectivity index (χ0) is 27.7. The van der Waals surface area contributed by atoms with Gasteiger partial charge in [0.15, 0.2) is 5.82 Å². The Morgan fingerprint density at radius 3 is 2.56 bits per heavy atom. The molecule has 1 amide bonds. The SMILES string of the molecule is CCn1c(Oc2cccc(N3CCN(C)CC3)c2)nnc1[C@@H](C)NS(=O)(=O)c1ccc2c(c1)CCN2C(C)=O. The number of benzene rings is 2. The third-order valence-corrected chi connectivity index (χ3v) is 8.85. The van der Waals surface area contributed by atoms with Crippen molar-refractivity contribution < 1.29 is 17.9 Å². The summed E-state index contributed by atoms with van der Waals surface area (Å²) < 4.78 is 37.1. The second-order valence-electron chi connectivity index (χ2n) is 10.0. The van der Waals surface area contributed by atoms with Gasteiger partial charge in [-0.05, 0) is 63.2 Å². The van der Waals surface area contributed by atoms with Crippen LogP contribution in [0.4, 0.5) is 11.4 Å². The van der Waals surface area contributed by atoms with Gasteiger partial charge in [-0.3, -0.25) is 9.36 Å². The first-order valence-corrected chi connectivity index (χ1v) is 14.7. The van der Waals surface area contributed by atoms with E-state index in [2.05, 4.69) is 37.8 Å². The smallest absolute Gasteiger partial charge is 0.322 e. The number of piperazine rings is 1. The predicted molar refractivity (Wildman–Crippen MR) is 149 cm³/mol. The highest BCUT2D eigenvalue weighted by atomic mass is 32.2. The van der Waals surface area contributed by atoms with E-state index in [1.165, 1.54) is 13.0 Å². The third kappa shape index (κ3) is 5.63. The molecule has 2 aliphatic rings. The van der Waals surface area contributed by atoms with Crippen molar-refractivity contribution in [3.05, 3.63) is 53.9 Å². The lowest BCUT2D eigenvalue weighted by Gasteiger charge is -2.34. The zero-order valence-corrected chi connectivity index (χ0v) is 23.6. The molecule has 1 saturated heterocycles. The minimum absolute atomic E-state index is 0.0564. The maximum Gasteiger partial charge on any atom is 0.322 e. The van der Waals surface area contributed by atoms with Crippen LogP contribution in [0.3, 0.4) is 0 Å². The van der Waals surface area contributed by atoms with Gasteiger partial charge in [-0.2, -0.15) is 0 Å². The van der Waals surface area contributed by atoms with Crippen molar-refractivity contribution in [2.75, 3.05) is 49.6 Å². The van der Waals surface area contributed by atoms with Gasteiger partial charge in [-0.25, -0.2) is 13.1 Å². The van der Waals surface area contributed by atoms with E-state index in [-0.39, 0.29) is 10.8 Å². The number of hydrogen-bond acceptors (Lipinski definition) is 8. The summed E-state index contributed by atoms with van der Waals surface area (Å²) >= 11 is 0. The number of aromatic nitrogens is 3. The summed E-state index contributed by atoms with van der Waals surface area (Å²) in [5, 5.41) is 8.50. The Hall–Kier alpha value is -3.48. The van der Waals surface area contributed by atoms with Gasteiger partial charge in [0.2, 0.25) is 15.9 Å². The van der Waals surface area contributed by atoms with Gasteiger partial charge in [-0.15, -0.1) is 5.10 Å². The number of ether oxygens (including phenoxy) is 1. The van der Waals surface area contributed by atoms with Crippen molar-refractivity contribution in [2.24, 2.45) is 0 Å². The second kappa shape index (κ2) is 10.9. The summed E-state index contributed by atoms with van der Waals surface area (Å²) in [4.78, 5) is 18.3. The molecule has 5 rings (SSSR count). The molecular weight excluding hydrogens is 518 g/mol. The lowest BCUT2D eigenvalue weighted by molar-refractivity contribution is -0.116. The van der Waals surface area contributed by atoms with Gasteiger partial charge in [0.1, 0.15) is 5.75 Å². The van der Waals surface area contributed by atoms with Crippen molar-refractivity contribution in [3.8, 4) is 11.8 Å². The molecule has 0 bridgehead atoms. The average molecular weight is 554 g/mol. The minimum atomic E-state index is -3.85. The Kier molecular flexibility index (Phi) is 7.61. The van der Waals surface area contributed by atoms with Gasteiger partial charge < -0.3 is 19.4 Å². The van der Waals surface area contributed by atoms with E-state index in [4.69, 9.17) is 4.74 Å². The van der Waals surface area contributed by atoms with Crippen LogP contribution in [0.15, 0.2) is 47.4 Å². The fourth-order valence-corrected chi connectivity index (χ4v) is 6.38. The quantitative estimate of drug-likeness (QED) is 0.453. The molecule has 0 aliphatic carbocycles. The Morgan fingerprint density at radius 2 is 1.85 bits per heavy atom. The molecule has 3 heterocycles. The molecular formula is C27H35N7O4S. The highest BCUT2D eigenvalue weighted by Gasteiger charge is 2.27. The number of sulfonamides is 1. The predicted octanol–water partition coefficient (Wildman–Crippen LogP) is 2.79. The van der Waals surface area contributed by atoms with Crippen molar-refractivity contribution >= 4 is 27.3 Å². The van der Waals surface area contributed by atoms with Gasteiger partial charge in [0.05, 0.1) is 10.9 Å². The number of amides is 1. The van der Waals surface area contributed by atoms with Crippen LogP contribution in [-0.2, 0) is 27.8 Å². The Balaban J connectivity index is 1.31. The molecule has 0 saturated carbocycles. The van der Waals surface area contributed by atoms with Crippen LogP contribution in [0.2, 0.25) is 0 Å². The van der Waals surface area contributed by atoms with Gasteiger partial charge in [0, 0.05) is 63.6 Å². The number of hydrogen-bond donors (Lipinski definition) is 1. The fourth-order valence-electron chi connectivity index (χ4n) is 5.13.